The standard InChI is InChI=1S/C23H20FN3O3/c1-16-5-4-7-19(11-16)29-15-20-9-10-22(30-20)23(28)26-18-12-25-27(14-18)13-17-6-2-3-8-21(17)24/h2-12,14H,13,15H2,1H3,(H,26,28). The molecule has 30 heavy (non-hydrogen) atoms. The van der Waals surface area contributed by atoms with E-state index in [0.29, 0.717) is 17.0 Å². The Morgan fingerprint density at radius 2 is 2.03 bits per heavy atom. The van der Waals surface area contributed by atoms with Crippen molar-refractivity contribution in [3.05, 3.63) is 102 Å². The minimum absolute atomic E-state index is 0.166. The summed E-state index contributed by atoms with van der Waals surface area (Å²) in [6, 6.07) is 17.5. The molecular weight excluding hydrogens is 385 g/mol. The monoisotopic (exact) mass is 405 g/mol. The summed E-state index contributed by atoms with van der Waals surface area (Å²) in [5.41, 5.74) is 2.11. The molecule has 152 valence electrons. The van der Waals surface area contributed by atoms with Gasteiger partial charge in [-0.05, 0) is 42.8 Å². The molecule has 6 nitrogen and oxygen atoms in total. The maximum absolute atomic E-state index is 13.8. The van der Waals surface area contributed by atoms with E-state index in [0.717, 1.165) is 11.3 Å². The van der Waals surface area contributed by atoms with Crippen molar-refractivity contribution in [1.29, 1.82) is 0 Å². The molecular formula is C23H20FN3O3. The van der Waals surface area contributed by atoms with Gasteiger partial charge in [0.15, 0.2) is 5.76 Å². The molecule has 7 heteroatoms. The Morgan fingerprint density at radius 1 is 1.17 bits per heavy atom. The van der Waals surface area contributed by atoms with Crippen LogP contribution >= 0.6 is 0 Å². The number of aromatic nitrogens is 2. The first-order valence-electron chi connectivity index (χ1n) is 9.42. The molecule has 1 N–H and O–H groups in total. The van der Waals surface area contributed by atoms with Crippen molar-refractivity contribution in [1.82, 2.24) is 9.78 Å². The second kappa shape index (κ2) is 8.65. The van der Waals surface area contributed by atoms with Crippen LogP contribution in [0.1, 0.15) is 27.4 Å². The molecule has 0 spiro atoms. The van der Waals surface area contributed by atoms with Crippen LogP contribution in [0.4, 0.5) is 10.1 Å². The summed E-state index contributed by atoms with van der Waals surface area (Å²) < 4.78 is 26.6. The number of ether oxygens (including phenoxy) is 1. The molecule has 0 aliphatic carbocycles. The highest BCUT2D eigenvalue weighted by Crippen LogP contribution is 2.17. The Kier molecular flexibility index (Phi) is 5.61. The van der Waals surface area contributed by atoms with Crippen LogP contribution in [0.2, 0.25) is 0 Å². The zero-order chi connectivity index (χ0) is 20.9. The average molecular weight is 405 g/mol. The summed E-state index contributed by atoms with van der Waals surface area (Å²) in [5.74, 6) is 0.744. The van der Waals surface area contributed by atoms with Gasteiger partial charge in [-0.15, -0.1) is 0 Å². The van der Waals surface area contributed by atoms with Crippen LogP contribution in [-0.2, 0) is 13.2 Å². The summed E-state index contributed by atoms with van der Waals surface area (Å²) in [6.07, 6.45) is 3.14. The molecule has 0 saturated heterocycles. The number of anilines is 1. The van der Waals surface area contributed by atoms with E-state index in [2.05, 4.69) is 10.4 Å². The van der Waals surface area contributed by atoms with Crippen molar-refractivity contribution in [3.63, 3.8) is 0 Å². The number of carbonyl (C=O) groups excluding carboxylic acids is 1. The first-order valence-corrected chi connectivity index (χ1v) is 9.42. The summed E-state index contributed by atoms with van der Waals surface area (Å²) in [5, 5.41) is 6.88. The molecule has 2 heterocycles. The van der Waals surface area contributed by atoms with E-state index < -0.39 is 5.91 Å². The SMILES string of the molecule is Cc1cccc(OCc2ccc(C(=O)Nc3cnn(Cc4ccccc4F)c3)o2)c1. The quantitative estimate of drug-likeness (QED) is 0.479. The van der Waals surface area contributed by atoms with Gasteiger partial charge >= 0.3 is 0 Å². The molecule has 0 aliphatic rings. The van der Waals surface area contributed by atoms with Gasteiger partial charge in [-0.2, -0.15) is 5.10 Å². The number of amides is 1. The van der Waals surface area contributed by atoms with Crippen LogP contribution in [0.3, 0.4) is 0 Å². The molecule has 0 aliphatic heterocycles. The molecule has 0 saturated carbocycles. The lowest BCUT2D eigenvalue weighted by Gasteiger charge is -2.05. The number of aryl methyl sites for hydroxylation is 1. The van der Waals surface area contributed by atoms with Gasteiger partial charge in [-0.25, -0.2) is 4.39 Å². The van der Waals surface area contributed by atoms with E-state index in [4.69, 9.17) is 9.15 Å². The lowest BCUT2D eigenvalue weighted by atomic mass is 10.2. The lowest BCUT2D eigenvalue weighted by Crippen LogP contribution is -2.10. The number of furan rings is 1. The fourth-order valence-electron chi connectivity index (χ4n) is 2.95. The molecule has 1 amide bonds. The number of carbonyl (C=O) groups is 1. The smallest absolute Gasteiger partial charge is 0.291 e. The first-order chi connectivity index (χ1) is 14.6. The molecule has 2 aromatic heterocycles. The first kappa shape index (κ1) is 19.4. The van der Waals surface area contributed by atoms with Crippen molar-refractivity contribution in [2.75, 3.05) is 5.32 Å². The van der Waals surface area contributed by atoms with Crippen molar-refractivity contribution in [3.8, 4) is 5.75 Å². The largest absolute Gasteiger partial charge is 0.486 e. The van der Waals surface area contributed by atoms with E-state index in [1.807, 2.05) is 31.2 Å². The second-order valence-corrected chi connectivity index (χ2v) is 6.84. The highest BCUT2D eigenvalue weighted by atomic mass is 19.1. The van der Waals surface area contributed by atoms with Gasteiger partial charge in [0, 0.05) is 11.8 Å². The van der Waals surface area contributed by atoms with Crippen molar-refractivity contribution >= 4 is 11.6 Å². The number of hydrogen-bond donors (Lipinski definition) is 1. The predicted octanol–water partition coefficient (Wildman–Crippen LogP) is 4.80. The summed E-state index contributed by atoms with van der Waals surface area (Å²) >= 11 is 0. The zero-order valence-electron chi connectivity index (χ0n) is 16.3. The molecule has 0 bridgehead atoms. The fraction of sp³-hybridized carbons (Fsp3) is 0.130. The van der Waals surface area contributed by atoms with Crippen LogP contribution in [0.25, 0.3) is 0 Å². The van der Waals surface area contributed by atoms with Gasteiger partial charge in [0.25, 0.3) is 5.91 Å². The minimum Gasteiger partial charge on any atom is -0.486 e. The Bertz CT molecular complexity index is 1170. The minimum atomic E-state index is -0.401. The molecule has 0 atom stereocenters. The van der Waals surface area contributed by atoms with Crippen LogP contribution in [0, 0.1) is 12.7 Å². The number of hydrogen-bond acceptors (Lipinski definition) is 4. The second-order valence-electron chi connectivity index (χ2n) is 6.84. The lowest BCUT2D eigenvalue weighted by molar-refractivity contribution is 0.0992. The third-order valence-electron chi connectivity index (χ3n) is 4.44. The topological polar surface area (TPSA) is 69.3 Å². The van der Waals surface area contributed by atoms with Crippen molar-refractivity contribution < 1.29 is 18.3 Å². The number of nitrogens with one attached hydrogen (secondary N) is 1. The van der Waals surface area contributed by atoms with Crippen LogP contribution < -0.4 is 10.1 Å². The summed E-state index contributed by atoms with van der Waals surface area (Å²) in [7, 11) is 0. The fourth-order valence-corrected chi connectivity index (χ4v) is 2.95. The highest BCUT2D eigenvalue weighted by molar-refractivity contribution is 6.02. The van der Waals surface area contributed by atoms with Crippen molar-refractivity contribution in [2.45, 2.75) is 20.1 Å². The molecule has 0 radical (unpaired) electrons. The molecule has 4 aromatic rings. The van der Waals surface area contributed by atoms with E-state index in [1.54, 1.807) is 41.2 Å². The Morgan fingerprint density at radius 3 is 2.87 bits per heavy atom. The van der Waals surface area contributed by atoms with E-state index in [9.17, 15) is 9.18 Å². The van der Waals surface area contributed by atoms with Gasteiger partial charge in [0.05, 0.1) is 18.4 Å². The number of rotatable bonds is 7. The molecule has 0 unspecified atom stereocenters. The maximum atomic E-state index is 13.8. The van der Waals surface area contributed by atoms with E-state index >= 15 is 0 Å². The van der Waals surface area contributed by atoms with Crippen LogP contribution in [0.15, 0.2) is 77.5 Å². The van der Waals surface area contributed by atoms with Crippen LogP contribution in [0.5, 0.6) is 5.75 Å². The number of nitrogens with zero attached hydrogens (tertiary/aromatic N) is 2. The molecule has 4 rings (SSSR count). The van der Waals surface area contributed by atoms with Gasteiger partial charge in [-0.1, -0.05) is 30.3 Å². The Hall–Kier alpha value is -3.87. The third-order valence-corrected chi connectivity index (χ3v) is 4.44. The predicted molar refractivity (Wildman–Crippen MR) is 110 cm³/mol. The average Bonchev–Trinajstić information content (AvgIpc) is 3.38. The zero-order valence-corrected chi connectivity index (χ0v) is 16.3. The molecule has 0 fully saturated rings. The Balaban J connectivity index is 1.34. The van der Waals surface area contributed by atoms with Crippen LogP contribution in [-0.4, -0.2) is 15.7 Å². The van der Waals surface area contributed by atoms with Gasteiger partial charge < -0.3 is 14.5 Å². The normalized spacial score (nSPS) is 10.7. The maximum Gasteiger partial charge on any atom is 0.291 e. The van der Waals surface area contributed by atoms with E-state index in [-0.39, 0.29) is 24.7 Å². The number of halogens is 1. The highest BCUT2D eigenvalue weighted by Gasteiger charge is 2.13. The number of benzene rings is 2. The van der Waals surface area contributed by atoms with Gasteiger partial charge in [-0.3, -0.25) is 9.48 Å². The van der Waals surface area contributed by atoms with Crippen molar-refractivity contribution in [2.24, 2.45) is 0 Å². The Labute approximate surface area is 172 Å². The third kappa shape index (κ3) is 4.75. The summed E-state index contributed by atoms with van der Waals surface area (Å²) in [4.78, 5) is 12.4. The molecule has 2 aromatic carbocycles. The van der Waals surface area contributed by atoms with Gasteiger partial charge in [0.1, 0.15) is 23.9 Å². The summed E-state index contributed by atoms with van der Waals surface area (Å²) in [6.45, 7) is 2.47. The van der Waals surface area contributed by atoms with E-state index in [1.165, 1.54) is 12.3 Å². The van der Waals surface area contributed by atoms with Gasteiger partial charge in [0.2, 0.25) is 0 Å².